The molecule has 0 unspecified atom stereocenters. The van der Waals surface area contributed by atoms with Crippen molar-refractivity contribution in [2.24, 2.45) is 5.92 Å². The van der Waals surface area contributed by atoms with Crippen LogP contribution in [0.25, 0.3) is 0 Å². The van der Waals surface area contributed by atoms with Gasteiger partial charge in [-0.15, -0.1) is 23.2 Å². The van der Waals surface area contributed by atoms with Gasteiger partial charge in [-0.3, -0.25) is 4.79 Å². The average molecular weight is 252 g/mol. The molecule has 1 N–H and O–H groups in total. The van der Waals surface area contributed by atoms with E-state index in [1.807, 2.05) is 0 Å². The van der Waals surface area contributed by atoms with Gasteiger partial charge in [0.2, 0.25) is 5.91 Å². The summed E-state index contributed by atoms with van der Waals surface area (Å²) in [5, 5.41) is 8.90. The third-order valence-corrected chi connectivity index (χ3v) is 3.78. The van der Waals surface area contributed by atoms with Gasteiger partial charge in [0.15, 0.2) is 0 Å². The fourth-order valence-corrected chi connectivity index (χ4v) is 2.46. The third kappa shape index (κ3) is 1.93. The van der Waals surface area contributed by atoms with E-state index in [2.05, 4.69) is 0 Å². The highest BCUT2D eigenvalue weighted by Crippen LogP contribution is 2.54. The second kappa shape index (κ2) is 3.52. The molecule has 1 heterocycles. The van der Waals surface area contributed by atoms with Gasteiger partial charge in [-0.1, -0.05) is 0 Å². The average Bonchev–Trinajstić information content (AvgIpc) is 2.65. The summed E-state index contributed by atoms with van der Waals surface area (Å²) in [5.41, 5.74) is 0. The van der Waals surface area contributed by atoms with E-state index < -0.39 is 22.3 Å². The molecule has 15 heavy (non-hydrogen) atoms. The number of hydrogen-bond acceptors (Lipinski definition) is 2. The summed E-state index contributed by atoms with van der Waals surface area (Å²) in [6.07, 6.45) is 1.68. The lowest BCUT2D eigenvalue weighted by Crippen LogP contribution is -2.41. The second-order valence-electron chi connectivity index (χ2n) is 4.05. The zero-order valence-corrected chi connectivity index (χ0v) is 9.46. The number of alkyl halides is 2. The first-order valence-electron chi connectivity index (χ1n) is 4.84. The van der Waals surface area contributed by atoms with Crippen molar-refractivity contribution in [2.75, 3.05) is 6.54 Å². The number of amides is 1. The summed E-state index contributed by atoms with van der Waals surface area (Å²) < 4.78 is -0.970. The molecule has 0 radical (unpaired) electrons. The van der Waals surface area contributed by atoms with Crippen LogP contribution in [0.4, 0.5) is 0 Å². The number of likely N-dealkylation sites (tertiary alicyclic amines) is 1. The molecule has 2 fully saturated rings. The molecule has 1 aliphatic carbocycles. The van der Waals surface area contributed by atoms with E-state index in [-0.39, 0.29) is 5.91 Å². The molecule has 2 aliphatic rings. The Morgan fingerprint density at radius 3 is 2.47 bits per heavy atom. The molecule has 6 heteroatoms. The summed E-state index contributed by atoms with van der Waals surface area (Å²) in [5.74, 6) is -1.58. The standard InChI is InChI=1S/C9H11Cl2NO3/c10-9(11)4-5(9)7(13)12-3-1-2-6(12)8(14)15/h5-6H,1-4H2,(H,14,15)/t5-,6-/m1/s1. The van der Waals surface area contributed by atoms with Crippen LogP contribution in [0.3, 0.4) is 0 Å². The smallest absolute Gasteiger partial charge is 0.326 e. The largest absolute Gasteiger partial charge is 0.480 e. The number of rotatable bonds is 2. The van der Waals surface area contributed by atoms with Gasteiger partial charge in [0, 0.05) is 6.54 Å². The first kappa shape index (κ1) is 11.0. The third-order valence-electron chi connectivity index (χ3n) is 2.94. The van der Waals surface area contributed by atoms with Gasteiger partial charge in [0.05, 0.1) is 5.92 Å². The number of halogens is 2. The lowest BCUT2D eigenvalue weighted by Gasteiger charge is -2.21. The quantitative estimate of drug-likeness (QED) is 0.752. The number of carbonyl (C=O) groups is 2. The molecule has 0 aromatic rings. The molecule has 84 valence electrons. The van der Waals surface area contributed by atoms with Crippen LogP contribution in [-0.2, 0) is 9.59 Å². The minimum atomic E-state index is -0.970. The fourth-order valence-electron chi connectivity index (χ4n) is 1.97. The van der Waals surface area contributed by atoms with Crippen LogP contribution in [0.5, 0.6) is 0 Å². The Labute approximate surface area is 97.1 Å². The van der Waals surface area contributed by atoms with Crippen LogP contribution < -0.4 is 0 Å². The number of carboxylic acids is 1. The van der Waals surface area contributed by atoms with Crippen LogP contribution in [0.15, 0.2) is 0 Å². The normalized spacial score (nSPS) is 32.8. The van der Waals surface area contributed by atoms with Gasteiger partial charge < -0.3 is 10.0 Å². The van der Waals surface area contributed by atoms with Crippen molar-refractivity contribution < 1.29 is 14.7 Å². The zero-order valence-electron chi connectivity index (χ0n) is 7.95. The van der Waals surface area contributed by atoms with Gasteiger partial charge in [0.25, 0.3) is 0 Å². The highest BCUT2D eigenvalue weighted by Gasteiger charge is 2.58. The van der Waals surface area contributed by atoms with E-state index in [9.17, 15) is 9.59 Å². The molecule has 0 aromatic carbocycles. The molecular formula is C9H11Cl2NO3. The topological polar surface area (TPSA) is 57.6 Å². The van der Waals surface area contributed by atoms with Crippen molar-refractivity contribution in [1.29, 1.82) is 0 Å². The van der Waals surface area contributed by atoms with Gasteiger partial charge in [-0.05, 0) is 19.3 Å². The second-order valence-corrected chi connectivity index (χ2v) is 5.59. The molecule has 1 saturated heterocycles. The van der Waals surface area contributed by atoms with Crippen molar-refractivity contribution in [3.63, 3.8) is 0 Å². The molecule has 1 aliphatic heterocycles. The lowest BCUT2D eigenvalue weighted by atomic mass is 10.2. The van der Waals surface area contributed by atoms with E-state index in [1.165, 1.54) is 4.90 Å². The molecular weight excluding hydrogens is 241 g/mol. The highest BCUT2D eigenvalue weighted by atomic mass is 35.5. The first-order valence-corrected chi connectivity index (χ1v) is 5.60. The molecule has 2 atom stereocenters. The molecule has 2 rings (SSSR count). The summed E-state index contributed by atoms with van der Waals surface area (Å²) in [6, 6.07) is -0.692. The van der Waals surface area contributed by atoms with Crippen molar-refractivity contribution in [2.45, 2.75) is 29.6 Å². The number of hydrogen-bond donors (Lipinski definition) is 1. The van der Waals surface area contributed by atoms with E-state index >= 15 is 0 Å². The molecule has 1 saturated carbocycles. The SMILES string of the molecule is O=C(O)[C@H]1CCCN1C(=O)[C@H]1CC1(Cl)Cl. The molecule has 1 amide bonds. The molecule has 0 spiro atoms. The zero-order chi connectivity index (χ0) is 11.2. The van der Waals surface area contributed by atoms with Crippen molar-refractivity contribution >= 4 is 35.1 Å². The van der Waals surface area contributed by atoms with Gasteiger partial charge in [-0.2, -0.15) is 0 Å². The Morgan fingerprint density at radius 1 is 1.40 bits per heavy atom. The Kier molecular flexibility index (Phi) is 2.59. The van der Waals surface area contributed by atoms with Gasteiger partial charge >= 0.3 is 5.97 Å². The summed E-state index contributed by atoms with van der Waals surface area (Å²) in [4.78, 5) is 24.1. The number of carboxylic acid groups (broad SMARTS) is 1. The predicted molar refractivity (Wildman–Crippen MR) is 54.9 cm³/mol. The Balaban J connectivity index is 2.04. The summed E-state index contributed by atoms with van der Waals surface area (Å²) >= 11 is 11.6. The predicted octanol–water partition coefficient (Wildman–Crippen LogP) is 1.26. The number of carbonyl (C=O) groups excluding carboxylic acids is 1. The fraction of sp³-hybridized carbons (Fsp3) is 0.778. The maximum absolute atomic E-state index is 11.8. The summed E-state index contributed by atoms with van der Waals surface area (Å²) in [6.45, 7) is 0.496. The van der Waals surface area contributed by atoms with E-state index in [4.69, 9.17) is 28.3 Å². The van der Waals surface area contributed by atoms with Gasteiger partial charge in [0.1, 0.15) is 10.4 Å². The summed E-state index contributed by atoms with van der Waals surface area (Å²) in [7, 11) is 0. The Bertz CT molecular complexity index is 318. The maximum atomic E-state index is 11.8. The van der Waals surface area contributed by atoms with Gasteiger partial charge in [-0.25, -0.2) is 4.79 Å². The van der Waals surface area contributed by atoms with Crippen LogP contribution >= 0.6 is 23.2 Å². The number of nitrogens with zero attached hydrogens (tertiary/aromatic N) is 1. The molecule has 4 nitrogen and oxygen atoms in total. The monoisotopic (exact) mass is 251 g/mol. The van der Waals surface area contributed by atoms with Crippen molar-refractivity contribution in [1.82, 2.24) is 4.90 Å². The Morgan fingerprint density at radius 2 is 2.00 bits per heavy atom. The Hall–Kier alpha value is -0.480. The van der Waals surface area contributed by atoms with Crippen molar-refractivity contribution in [3.8, 4) is 0 Å². The lowest BCUT2D eigenvalue weighted by molar-refractivity contribution is -0.148. The van der Waals surface area contributed by atoms with E-state index in [1.54, 1.807) is 0 Å². The van der Waals surface area contributed by atoms with Crippen LogP contribution in [0.2, 0.25) is 0 Å². The molecule has 0 bridgehead atoms. The number of aliphatic carboxylic acids is 1. The van der Waals surface area contributed by atoms with Crippen molar-refractivity contribution in [3.05, 3.63) is 0 Å². The highest BCUT2D eigenvalue weighted by molar-refractivity contribution is 6.52. The minimum Gasteiger partial charge on any atom is -0.480 e. The van der Waals surface area contributed by atoms with Crippen LogP contribution in [0, 0.1) is 5.92 Å². The molecule has 0 aromatic heterocycles. The minimum absolute atomic E-state index is 0.218. The van der Waals surface area contributed by atoms with Crippen LogP contribution in [0.1, 0.15) is 19.3 Å². The van der Waals surface area contributed by atoms with Crippen LogP contribution in [-0.4, -0.2) is 38.8 Å². The van der Waals surface area contributed by atoms with E-state index in [0.717, 1.165) is 6.42 Å². The van der Waals surface area contributed by atoms with E-state index in [0.29, 0.717) is 19.4 Å². The maximum Gasteiger partial charge on any atom is 0.326 e. The first-order chi connectivity index (χ1) is 6.93.